The fourth-order valence-electron chi connectivity index (χ4n) is 3.61. The Hall–Kier alpha value is -0.0800. The first-order valence-electron chi connectivity index (χ1n) is 7.12. The third-order valence-corrected chi connectivity index (χ3v) is 4.72. The molecule has 3 fully saturated rings. The second kappa shape index (κ2) is 3.99. The van der Waals surface area contributed by atoms with Gasteiger partial charge in [-0.05, 0) is 43.9 Å². The molecule has 1 saturated heterocycles. The summed E-state index contributed by atoms with van der Waals surface area (Å²) in [6, 6.07) is 2.56. The van der Waals surface area contributed by atoms with E-state index >= 15 is 0 Å². The van der Waals surface area contributed by atoms with Crippen molar-refractivity contribution < 1.29 is 0 Å². The van der Waals surface area contributed by atoms with E-state index in [-0.39, 0.29) is 0 Å². The first-order valence-corrected chi connectivity index (χ1v) is 7.12. The molecule has 3 rings (SSSR count). The lowest BCUT2D eigenvalue weighted by Gasteiger charge is -2.22. The molecule has 2 atom stereocenters. The third-order valence-electron chi connectivity index (χ3n) is 4.72. The Balaban J connectivity index is 1.45. The fraction of sp³-hybridized carbons (Fsp3) is 1.00. The van der Waals surface area contributed by atoms with Crippen LogP contribution in [0.1, 0.15) is 52.4 Å². The molecule has 0 aromatic carbocycles. The van der Waals surface area contributed by atoms with Crippen molar-refractivity contribution in [3.05, 3.63) is 0 Å². The predicted octanol–water partition coefficient (Wildman–Crippen LogP) is 2.39. The van der Waals surface area contributed by atoms with Crippen molar-refractivity contribution in [2.45, 2.75) is 70.5 Å². The first-order chi connectivity index (χ1) is 7.62. The molecule has 2 nitrogen and oxygen atoms in total. The van der Waals surface area contributed by atoms with Gasteiger partial charge in [-0.2, -0.15) is 0 Å². The lowest BCUT2D eigenvalue weighted by molar-refractivity contribution is 0.307. The molecule has 0 amide bonds. The molecule has 0 radical (unpaired) electrons. The van der Waals surface area contributed by atoms with Crippen molar-refractivity contribution in [2.24, 2.45) is 5.41 Å². The highest BCUT2D eigenvalue weighted by Gasteiger charge is 2.37. The summed E-state index contributed by atoms with van der Waals surface area (Å²) in [5.74, 6) is 0. The van der Waals surface area contributed by atoms with E-state index in [2.05, 4.69) is 24.1 Å². The van der Waals surface area contributed by atoms with Crippen molar-refractivity contribution in [1.82, 2.24) is 10.2 Å². The zero-order chi connectivity index (χ0) is 11.2. The molecular weight excluding hydrogens is 196 g/mol. The Bertz CT molecular complexity index is 257. The Morgan fingerprint density at radius 3 is 2.50 bits per heavy atom. The first kappa shape index (κ1) is 11.0. The molecule has 1 aliphatic heterocycles. The van der Waals surface area contributed by atoms with Crippen LogP contribution in [0.2, 0.25) is 0 Å². The molecular formula is C14H26N2. The summed E-state index contributed by atoms with van der Waals surface area (Å²) in [6.45, 7) is 7.50. The van der Waals surface area contributed by atoms with Crippen LogP contribution in [0.4, 0.5) is 0 Å². The maximum atomic E-state index is 3.90. The maximum Gasteiger partial charge on any atom is 0.0209 e. The normalized spacial score (nSPS) is 39.4. The lowest BCUT2D eigenvalue weighted by atomic mass is 9.92. The van der Waals surface area contributed by atoms with Gasteiger partial charge in [-0.15, -0.1) is 0 Å². The zero-order valence-corrected chi connectivity index (χ0v) is 10.8. The van der Waals surface area contributed by atoms with Gasteiger partial charge in [0.15, 0.2) is 0 Å². The average Bonchev–Trinajstić information content (AvgIpc) is 2.88. The van der Waals surface area contributed by atoms with Crippen LogP contribution in [-0.2, 0) is 0 Å². The van der Waals surface area contributed by atoms with Gasteiger partial charge in [0.1, 0.15) is 0 Å². The molecule has 1 heterocycles. The number of hydrogen-bond donors (Lipinski definition) is 1. The maximum absolute atomic E-state index is 3.90. The molecule has 2 unspecified atom stereocenters. The van der Waals surface area contributed by atoms with Crippen LogP contribution in [0.5, 0.6) is 0 Å². The van der Waals surface area contributed by atoms with Gasteiger partial charge >= 0.3 is 0 Å². The largest absolute Gasteiger partial charge is 0.310 e. The van der Waals surface area contributed by atoms with Crippen LogP contribution in [0, 0.1) is 5.41 Å². The van der Waals surface area contributed by atoms with E-state index in [0.29, 0.717) is 5.41 Å². The van der Waals surface area contributed by atoms with E-state index < -0.39 is 0 Å². The molecule has 3 aliphatic rings. The van der Waals surface area contributed by atoms with Gasteiger partial charge in [0, 0.05) is 31.2 Å². The van der Waals surface area contributed by atoms with E-state index in [0.717, 1.165) is 18.1 Å². The van der Waals surface area contributed by atoms with Crippen LogP contribution in [0.3, 0.4) is 0 Å². The summed E-state index contributed by atoms with van der Waals surface area (Å²) in [5, 5.41) is 3.90. The van der Waals surface area contributed by atoms with Crippen molar-refractivity contribution in [1.29, 1.82) is 0 Å². The van der Waals surface area contributed by atoms with E-state index in [9.17, 15) is 0 Å². The Morgan fingerprint density at radius 1 is 1.06 bits per heavy atom. The standard InChI is InChI=1S/C14H26N2/c1-14(2)7-5-11(9-14)15-12-6-8-16(10-12)13-3-4-13/h11-13,15H,3-10H2,1-2H3. The summed E-state index contributed by atoms with van der Waals surface area (Å²) in [4.78, 5) is 2.71. The molecule has 2 aliphatic carbocycles. The van der Waals surface area contributed by atoms with Gasteiger partial charge < -0.3 is 5.32 Å². The molecule has 2 heteroatoms. The van der Waals surface area contributed by atoms with Crippen LogP contribution in [0.25, 0.3) is 0 Å². The lowest BCUT2D eigenvalue weighted by Crippen LogP contribution is -2.39. The summed E-state index contributed by atoms with van der Waals surface area (Å²) in [6.07, 6.45) is 8.49. The average molecular weight is 222 g/mol. The van der Waals surface area contributed by atoms with Gasteiger partial charge in [0.05, 0.1) is 0 Å². The summed E-state index contributed by atoms with van der Waals surface area (Å²) < 4.78 is 0. The molecule has 0 aromatic heterocycles. The van der Waals surface area contributed by atoms with E-state index in [4.69, 9.17) is 0 Å². The number of nitrogens with one attached hydrogen (secondary N) is 1. The molecule has 0 spiro atoms. The molecule has 2 saturated carbocycles. The summed E-state index contributed by atoms with van der Waals surface area (Å²) in [5.41, 5.74) is 0.590. The summed E-state index contributed by atoms with van der Waals surface area (Å²) in [7, 11) is 0. The minimum atomic E-state index is 0.590. The highest BCUT2D eigenvalue weighted by Crippen LogP contribution is 2.37. The van der Waals surface area contributed by atoms with Crippen LogP contribution >= 0.6 is 0 Å². The van der Waals surface area contributed by atoms with Crippen LogP contribution < -0.4 is 5.32 Å². The number of nitrogens with zero attached hydrogens (tertiary/aromatic N) is 1. The van der Waals surface area contributed by atoms with E-state index in [1.807, 2.05) is 0 Å². The number of rotatable bonds is 3. The molecule has 0 aromatic rings. The van der Waals surface area contributed by atoms with Gasteiger partial charge in [-0.1, -0.05) is 13.8 Å². The third kappa shape index (κ3) is 2.43. The zero-order valence-electron chi connectivity index (χ0n) is 10.8. The minimum absolute atomic E-state index is 0.590. The SMILES string of the molecule is CC1(C)CCC(NC2CCN(C3CC3)C2)C1. The van der Waals surface area contributed by atoms with Crippen molar-refractivity contribution >= 4 is 0 Å². The van der Waals surface area contributed by atoms with Crippen LogP contribution in [-0.4, -0.2) is 36.1 Å². The Kier molecular flexibility index (Phi) is 2.75. The molecule has 0 bridgehead atoms. The van der Waals surface area contributed by atoms with Gasteiger partial charge in [0.2, 0.25) is 0 Å². The van der Waals surface area contributed by atoms with Gasteiger partial charge in [-0.3, -0.25) is 4.90 Å². The smallest absolute Gasteiger partial charge is 0.0209 e. The topological polar surface area (TPSA) is 15.3 Å². The predicted molar refractivity (Wildman–Crippen MR) is 67.6 cm³/mol. The number of likely N-dealkylation sites (tertiary alicyclic amines) is 1. The second-order valence-electron chi connectivity index (χ2n) is 6.98. The summed E-state index contributed by atoms with van der Waals surface area (Å²) >= 11 is 0. The Labute approximate surface area is 99.8 Å². The monoisotopic (exact) mass is 222 g/mol. The number of hydrogen-bond acceptors (Lipinski definition) is 2. The highest BCUT2D eigenvalue weighted by molar-refractivity contribution is 4.94. The fourth-order valence-corrected chi connectivity index (χ4v) is 3.61. The van der Waals surface area contributed by atoms with Crippen LogP contribution in [0.15, 0.2) is 0 Å². The minimum Gasteiger partial charge on any atom is -0.310 e. The van der Waals surface area contributed by atoms with Crippen molar-refractivity contribution in [3.8, 4) is 0 Å². The van der Waals surface area contributed by atoms with Crippen molar-refractivity contribution in [3.63, 3.8) is 0 Å². The highest BCUT2D eigenvalue weighted by atomic mass is 15.2. The molecule has 16 heavy (non-hydrogen) atoms. The van der Waals surface area contributed by atoms with Gasteiger partial charge in [0.25, 0.3) is 0 Å². The van der Waals surface area contributed by atoms with Crippen molar-refractivity contribution in [2.75, 3.05) is 13.1 Å². The Morgan fingerprint density at radius 2 is 1.88 bits per heavy atom. The van der Waals surface area contributed by atoms with E-state index in [1.54, 1.807) is 0 Å². The second-order valence-corrected chi connectivity index (χ2v) is 6.98. The molecule has 92 valence electrons. The molecule has 1 N–H and O–H groups in total. The van der Waals surface area contributed by atoms with Gasteiger partial charge in [-0.25, -0.2) is 0 Å². The quantitative estimate of drug-likeness (QED) is 0.789. The van der Waals surface area contributed by atoms with E-state index in [1.165, 1.54) is 51.6 Å².